The number of hydrogen-bond acceptors (Lipinski definition) is 2. The Hall–Kier alpha value is -1.22. The van der Waals surface area contributed by atoms with Crippen molar-refractivity contribution >= 4 is 17.5 Å². The highest BCUT2D eigenvalue weighted by Gasteiger charge is 2.28. The molecular formula is C15H22ClNO2. The molecule has 0 saturated carbocycles. The third kappa shape index (κ3) is 4.75. The van der Waals surface area contributed by atoms with Crippen LogP contribution in [0.2, 0.25) is 5.02 Å². The Labute approximate surface area is 120 Å². The number of hydrogen-bond donors (Lipinski definition) is 2. The maximum absolute atomic E-state index is 12.2. The van der Waals surface area contributed by atoms with Gasteiger partial charge < -0.3 is 10.4 Å². The molecule has 0 aliphatic carbocycles. The van der Waals surface area contributed by atoms with E-state index in [0.29, 0.717) is 0 Å². The molecule has 0 saturated heterocycles. The molecular weight excluding hydrogens is 262 g/mol. The number of nitrogens with one attached hydrogen (secondary N) is 1. The fourth-order valence-corrected chi connectivity index (χ4v) is 2.62. The highest BCUT2D eigenvalue weighted by atomic mass is 35.5. The summed E-state index contributed by atoms with van der Waals surface area (Å²) in [5.74, 6) is -0.484. The first-order valence-corrected chi connectivity index (χ1v) is 6.70. The number of carbonyl (C=O) groups is 1. The van der Waals surface area contributed by atoms with E-state index < -0.39 is 0 Å². The summed E-state index contributed by atoms with van der Waals surface area (Å²) in [6.07, 6.45) is 0.826. The van der Waals surface area contributed by atoms with Gasteiger partial charge in [0.05, 0.1) is 10.6 Å². The lowest BCUT2D eigenvalue weighted by molar-refractivity contribution is 0.0889. The zero-order chi connectivity index (χ0) is 14.8. The first-order valence-electron chi connectivity index (χ1n) is 6.32. The van der Waals surface area contributed by atoms with Crippen molar-refractivity contribution in [1.82, 2.24) is 5.32 Å². The number of benzene rings is 1. The van der Waals surface area contributed by atoms with Crippen molar-refractivity contribution in [3.63, 3.8) is 0 Å². The number of amides is 1. The van der Waals surface area contributed by atoms with E-state index in [0.717, 1.165) is 6.42 Å². The lowest BCUT2D eigenvalue weighted by Crippen LogP contribution is -2.45. The topological polar surface area (TPSA) is 49.3 Å². The predicted molar refractivity (Wildman–Crippen MR) is 78.7 cm³/mol. The molecule has 0 spiro atoms. The molecule has 3 nitrogen and oxygen atoms in total. The van der Waals surface area contributed by atoms with Gasteiger partial charge in [-0.3, -0.25) is 4.79 Å². The third-order valence-corrected chi connectivity index (χ3v) is 2.96. The molecule has 0 atom stereocenters. The lowest BCUT2D eigenvalue weighted by atomic mass is 9.81. The number of carbonyl (C=O) groups excluding carboxylic acids is 1. The fourth-order valence-electron chi connectivity index (χ4n) is 2.44. The molecule has 0 radical (unpaired) electrons. The Morgan fingerprint density at radius 1 is 1.26 bits per heavy atom. The van der Waals surface area contributed by atoms with Gasteiger partial charge in [-0.15, -0.1) is 0 Å². The molecule has 19 heavy (non-hydrogen) atoms. The molecule has 0 aliphatic rings. The lowest BCUT2D eigenvalue weighted by Gasteiger charge is -2.33. The SMILES string of the molecule is CC(C)(C)CC(C)(C)NC(=O)c1cccc(Cl)c1O. The molecule has 0 unspecified atom stereocenters. The van der Waals surface area contributed by atoms with Crippen LogP contribution in [-0.2, 0) is 0 Å². The van der Waals surface area contributed by atoms with Gasteiger partial charge in [-0.2, -0.15) is 0 Å². The molecule has 4 heteroatoms. The van der Waals surface area contributed by atoms with E-state index in [1.165, 1.54) is 0 Å². The average molecular weight is 284 g/mol. The number of aromatic hydroxyl groups is 1. The fraction of sp³-hybridized carbons (Fsp3) is 0.533. The van der Waals surface area contributed by atoms with Crippen molar-refractivity contribution in [2.24, 2.45) is 5.41 Å². The largest absolute Gasteiger partial charge is 0.506 e. The molecule has 1 aromatic carbocycles. The van der Waals surface area contributed by atoms with E-state index in [9.17, 15) is 9.90 Å². The van der Waals surface area contributed by atoms with Crippen LogP contribution in [0.3, 0.4) is 0 Å². The van der Waals surface area contributed by atoms with Gasteiger partial charge in [0.2, 0.25) is 0 Å². The zero-order valence-corrected chi connectivity index (χ0v) is 12.9. The summed E-state index contributed by atoms with van der Waals surface area (Å²) in [7, 11) is 0. The maximum Gasteiger partial charge on any atom is 0.255 e. The van der Waals surface area contributed by atoms with Crippen LogP contribution >= 0.6 is 11.6 Å². The van der Waals surface area contributed by atoms with Gasteiger partial charge in [0.15, 0.2) is 0 Å². The summed E-state index contributed by atoms with van der Waals surface area (Å²) in [6, 6.07) is 4.76. The van der Waals surface area contributed by atoms with Gasteiger partial charge in [0.1, 0.15) is 5.75 Å². The molecule has 106 valence electrons. The Bertz CT molecular complexity index is 476. The van der Waals surface area contributed by atoms with Crippen LogP contribution in [0.15, 0.2) is 18.2 Å². The van der Waals surface area contributed by atoms with Crippen LogP contribution in [0, 0.1) is 5.41 Å². The summed E-state index contributed by atoms with van der Waals surface area (Å²) >= 11 is 5.81. The van der Waals surface area contributed by atoms with Crippen LogP contribution in [0.1, 0.15) is 51.4 Å². The van der Waals surface area contributed by atoms with Crippen LogP contribution in [0.4, 0.5) is 0 Å². The van der Waals surface area contributed by atoms with Crippen molar-refractivity contribution in [1.29, 1.82) is 0 Å². The van der Waals surface area contributed by atoms with E-state index in [1.807, 2.05) is 13.8 Å². The van der Waals surface area contributed by atoms with Crippen molar-refractivity contribution in [2.75, 3.05) is 0 Å². The zero-order valence-electron chi connectivity index (χ0n) is 12.2. The second-order valence-corrected chi connectivity index (χ2v) is 7.12. The summed E-state index contributed by atoms with van der Waals surface area (Å²) < 4.78 is 0. The number of para-hydroxylation sites is 1. The van der Waals surface area contributed by atoms with E-state index in [1.54, 1.807) is 18.2 Å². The number of phenols is 1. The predicted octanol–water partition coefficient (Wildman–Crippen LogP) is 3.99. The second-order valence-electron chi connectivity index (χ2n) is 6.71. The summed E-state index contributed by atoms with van der Waals surface area (Å²) in [5.41, 5.74) is -0.0495. The number of phenolic OH excluding ortho intramolecular Hbond substituents is 1. The molecule has 1 rings (SSSR count). The molecule has 0 heterocycles. The van der Waals surface area contributed by atoms with E-state index in [2.05, 4.69) is 26.1 Å². The maximum atomic E-state index is 12.2. The Morgan fingerprint density at radius 3 is 2.37 bits per heavy atom. The Balaban J connectivity index is 2.88. The molecule has 1 aromatic rings. The molecule has 0 fully saturated rings. The molecule has 0 aromatic heterocycles. The standard InChI is InChI=1S/C15H22ClNO2/c1-14(2,3)9-15(4,5)17-13(19)10-7-6-8-11(16)12(10)18/h6-8,18H,9H2,1-5H3,(H,17,19). The van der Waals surface area contributed by atoms with Crippen molar-refractivity contribution in [2.45, 2.75) is 46.6 Å². The molecule has 1 amide bonds. The quantitative estimate of drug-likeness (QED) is 0.881. The van der Waals surface area contributed by atoms with E-state index >= 15 is 0 Å². The minimum absolute atomic E-state index is 0.104. The first kappa shape index (κ1) is 15.8. The summed E-state index contributed by atoms with van der Waals surface area (Å²) in [6.45, 7) is 10.3. The highest BCUT2D eigenvalue weighted by Crippen LogP contribution is 2.29. The minimum Gasteiger partial charge on any atom is -0.506 e. The van der Waals surface area contributed by atoms with Crippen LogP contribution in [0.5, 0.6) is 5.75 Å². The first-order chi connectivity index (χ1) is 8.52. The molecule has 0 aliphatic heterocycles. The van der Waals surface area contributed by atoms with Crippen LogP contribution < -0.4 is 5.32 Å². The van der Waals surface area contributed by atoms with Gasteiger partial charge in [-0.25, -0.2) is 0 Å². The summed E-state index contributed by atoms with van der Waals surface area (Å²) in [4.78, 5) is 12.2. The smallest absolute Gasteiger partial charge is 0.255 e. The highest BCUT2D eigenvalue weighted by molar-refractivity contribution is 6.32. The minimum atomic E-state index is -0.357. The average Bonchev–Trinajstić information content (AvgIpc) is 2.17. The third-order valence-electron chi connectivity index (χ3n) is 2.66. The van der Waals surface area contributed by atoms with Gasteiger partial charge in [-0.05, 0) is 37.8 Å². The Morgan fingerprint density at radius 2 is 1.84 bits per heavy atom. The van der Waals surface area contributed by atoms with E-state index in [-0.39, 0.29) is 33.2 Å². The van der Waals surface area contributed by atoms with Crippen LogP contribution in [-0.4, -0.2) is 16.6 Å². The molecule has 0 bridgehead atoms. The summed E-state index contributed by atoms with van der Waals surface area (Å²) in [5, 5.41) is 12.9. The van der Waals surface area contributed by atoms with Gasteiger partial charge in [0, 0.05) is 5.54 Å². The van der Waals surface area contributed by atoms with Gasteiger partial charge in [0.25, 0.3) is 5.91 Å². The van der Waals surface area contributed by atoms with Crippen LogP contribution in [0.25, 0.3) is 0 Å². The monoisotopic (exact) mass is 283 g/mol. The number of rotatable bonds is 3. The Kier molecular flexibility index (Phi) is 4.51. The normalized spacial score (nSPS) is 12.3. The second kappa shape index (κ2) is 5.41. The molecule has 2 N–H and O–H groups in total. The van der Waals surface area contributed by atoms with E-state index in [4.69, 9.17) is 11.6 Å². The van der Waals surface area contributed by atoms with Gasteiger partial charge >= 0.3 is 0 Å². The van der Waals surface area contributed by atoms with Crippen molar-refractivity contribution < 1.29 is 9.90 Å². The van der Waals surface area contributed by atoms with Crippen molar-refractivity contribution in [3.8, 4) is 5.75 Å². The number of halogens is 1. The van der Waals surface area contributed by atoms with Gasteiger partial charge in [-0.1, -0.05) is 38.4 Å². The van der Waals surface area contributed by atoms with Crippen molar-refractivity contribution in [3.05, 3.63) is 28.8 Å².